The summed E-state index contributed by atoms with van der Waals surface area (Å²) < 4.78 is 0. The minimum absolute atomic E-state index is 0.0265. The van der Waals surface area contributed by atoms with Crippen molar-refractivity contribution in [1.29, 1.82) is 0 Å². The van der Waals surface area contributed by atoms with Crippen LogP contribution in [0.1, 0.15) is 12.8 Å². The molecule has 1 saturated heterocycles. The van der Waals surface area contributed by atoms with E-state index in [-0.39, 0.29) is 22.4 Å². The predicted molar refractivity (Wildman–Crippen MR) is 108 cm³/mol. The summed E-state index contributed by atoms with van der Waals surface area (Å²) in [5.41, 5.74) is 1.26. The van der Waals surface area contributed by atoms with Crippen LogP contribution < -0.4 is 9.80 Å². The van der Waals surface area contributed by atoms with Crippen molar-refractivity contribution in [2.45, 2.75) is 12.8 Å². The highest BCUT2D eigenvalue weighted by molar-refractivity contribution is 6.35. The minimum Gasteiger partial charge on any atom is -0.366 e. The molecule has 6 nitrogen and oxygen atoms in total. The summed E-state index contributed by atoms with van der Waals surface area (Å²) in [5, 5.41) is 12.2. The first-order chi connectivity index (χ1) is 12.9. The Labute approximate surface area is 167 Å². The summed E-state index contributed by atoms with van der Waals surface area (Å²) in [5.74, 6) is -0.189. The van der Waals surface area contributed by atoms with Gasteiger partial charge in [0, 0.05) is 37.1 Å². The molecule has 0 saturated carbocycles. The zero-order valence-electron chi connectivity index (χ0n) is 14.8. The Morgan fingerprint density at radius 1 is 1.19 bits per heavy atom. The standard InChI is InChI=1S/C19H19Cl2N3O3/c1-22(18-12-14(20)6-7-15(18)21)19(25)13-8-10-23(11-9-13)16-4-2-3-5-17(16)24(26)27/h2-7,12-13H,8-11H2,1H3. The number of carbonyl (C=O) groups excluding carboxylic acids is 1. The Morgan fingerprint density at radius 2 is 1.85 bits per heavy atom. The highest BCUT2D eigenvalue weighted by Gasteiger charge is 2.30. The zero-order chi connectivity index (χ0) is 19.6. The molecule has 3 rings (SSSR count). The average Bonchev–Trinajstić information content (AvgIpc) is 2.69. The molecule has 2 aromatic carbocycles. The number of amides is 1. The fourth-order valence-electron chi connectivity index (χ4n) is 3.39. The van der Waals surface area contributed by atoms with Gasteiger partial charge in [0.1, 0.15) is 5.69 Å². The maximum absolute atomic E-state index is 12.9. The Balaban J connectivity index is 1.70. The molecule has 0 radical (unpaired) electrons. The number of carbonyl (C=O) groups is 1. The van der Waals surface area contributed by atoms with Crippen molar-refractivity contribution in [3.05, 3.63) is 62.6 Å². The van der Waals surface area contributed by atoms with Gasteiger partial charge in [0.15, 0.2) is 0 Å². The fraction of sp³-hybridized carbons (Fsp3) is 0.316. The van der Waals surface area contributed by atoms with E-state index in [2.05, 4.69) is 0 Å². The van der Waals surface area contributed by atoms with Crippen LogP contribution in [0.2, 0.25) is 10.0 Å². The number of nitro groups is 1. The number of benzene rings is 2. The van der Waals surface area contributed by atoms with E-state index >= 15 is 0 Å². The molecule has 27 heavy (non-hydrogen) atoms. The number of rotatable bonds is 4. The fourth-order valence-corrected chi connectivity index (χ4v) is 3.80. The van der Waals surface area contributed by atoms with Gasteiger partial charge in [-0.2, -0.15) is 0 Å². The summed E-state index contributed by atoms with van der Waals surface area (Å²) in [6, 6.07) is 11.7. The lowest BCUT2D eigenvalue weighted by molar-refractivity contribution is -0.384. The first-order valence-corrected chi connectivity index (χ1v) is 9.35. The van der Waals surface area contributed by atoms with E-state index in [1.807, 2.05) is 4.90 Å². The molecule has 2 aromatic rings. The molecule has 0 N–H and O–H groups in total. The molecular weight excluding hydrogens is 389 g/mol. The maximum Gasteiger partial charge on any atom is 0.292 e. The minimum atomic E-state index is -0.374. The van der Waals surface area contributed by atoms with E-state index < -0.39 is 0 Å². The van der Waals surface area contributed by atoms with Gasteiger partial charge in [-0.25, -0.2) is 0 Å². The summed E-state index contributed by atoms with van der Waals surface area (Å²) >= 11 is 12.2. The van der Waals surface area contributed by atoms with Crippen molar-refractivity contribution >= 4 is 46.2 Å². The van der Waals surface area contributed by atoms with Crippen molar-refractivity contribution in [1.82, 2.24) is 0 Å². The molecule has 0 aliphatic carbocycles. The zero-order valence-corrected chi connectivity index (χ0v) is 16.3. The van der Waals surface area contributed by atoms with Crippen molar-refractivity contribution in [2.75, 3.05) is 29.9 Å². The van der Waals surface area contributed by atoms with Crippen LogP contribution >= 0.6 is 23.2 Å². The summed E-state index contributed by atoms with van der Waals surface area (Å²) in [7, 11) is 1.69. The number of hydrogen-bond acceptors (Lipinski definition) is 4. The van der Waals surface area contributed by atoms with Crippen molar-refractivity contribution in [3.63, 3.8) is 0 Å². The molecule has 0 atom stereocenters. The molecule has 0 unspecified atom stereocenters. The lowest BCUT2D eigenvalue weighted by Gasteiger charge is -2.34. The van der Waals surface area contributed by atoms with Gasteiger partial charge in [0.05, 0.1) is 15.6 Å². The number of piperidine rings is 1. The SMILES string of the molecule is CN(C(=O)C1CCN(c2ccccc2[N+](=O)[O-])CC1)c1cc(Cl)ccc1Cl. The molecule has 8 heteroatoms. The normalized spacial score (nSPS) is 14.9. The summed E-state index contributed by atoms with van der Waals surface area (Å²) in [6.45, 7) is 1.16. The lowest BCUT2D eigenvalue weighted by Crippen LogP contribution is -2.41. The number of para-hydroxylation sites is 2. The van der Waals surface area contributed by atoms with Gasteiger partial charge in [0.25, 0.3) is 5.69 Å². The molecule has 1 aliphatic heterocycles. The first kappa shape index (κ1) is 19.5. The Hall–Kier alpha value is -2.31. The van der Waals surface area contributed by atoms with Gasteiger partial charge in [0.2, 0.25) is 5.91 Å². The number of hydrogen-bond donors (Lipinski definition) is 0. The van der Waals surface area contributed by atoms with Gasteiger partial charge in [-0.15, -0.1) is 0 Å². The van der Waals surface area contributed by atoms with Crippen LogP contribution in [0.25, 0.3) is 0 Å². The van der Waals surface area contributed by atoms with E-state index in [0.29, 0.717) is 47.4 Å². The molecular formula is C19H19Cl2N3O3. The van der Waals surface area contributed by atoms with Crippen molar-refractivity contribution < 1.29 is 9.72 Å². The predicted octanol–water partition coefficient (Wildman–Crippen LogP) is 4.78. The Morgan fingerprint density at radius 3 is 2.52 bits per heavy atom. The van der Waals surface area contributed by atoms with Gasteiger partial charge in [-0.3, -0.25) is 14.9 Å². The third-order valence-corrected chi connectivity index (χ3v) is 5.42. The summed E-state index contributed by atoms with van der Waals surface area (Å²) in [6.07, 6.45) is 1.24. The Kier molecular flexibility index (Phi) is 5.87. The molecule has 0 bridgehead atoms. The van der Waals surface area contributed by atoms with Crippen LogP contribution in [-0.2, 0) is 4.79 Å². The number of nitro benzene ring substituents is 1. The van der Waals surface area contributed by atoms with Crippen LogP contribution in [0.5, 0.6) is 0 Å². The van der Waals surface area contributed by atoms with E-state index in [1.54, 1.807) is 48.3 Å². The smallest absolute Gasteiger partial charge is 0.292 e. The molecule has 142 valence electrons. The summed E-state index contributed by atoms with van der Waals surface area (Å²) in [4.78, 5) is 27.2. The van der Waals surface area contributed by atoms with Crippen LogP contribution in [0.15, 0.2) is 42.5 Å². The highest BCUT2D eigenvalue weighted by atomic mass is 35.5. The van der Waals surface area contributed by atoms with E-state index in [4.69, 9.17) is 23.2 Å². The molecule has 1 heterocycles. The molecule has 1 fully saturated rings. The number of halogens is 2. The highest BCUT2D eigenvalue weighted by Crippen LogP contribution is 2.33. The van der Waals surface area contributed by atoms with Crippen LogP contribution in [0, 0.1) is 16.0 Å². The number of nitrogens with zero attached hydrogens (tertiary/aromatic N) is 3. The van der Waals surface area contributed by atoms with Crippen molar-refractivity contribution in [3.8, 4) is 0 Å². The monoisotopic (exact) mass is 407 g/mol. The van der Waals surface area contributed by atoms with Gasteiger partial charge in [-0.1, -0.05) is 35.3 Å². The van der Waals surface area contributed by atoms with Crippen LogP contribution in [0.4, 0.5) is 17.1 Å². The largest absolute Gasteiger partial charge is 0.366 e. The van der Waals surface area contributed by atoms with Crippen molar-refractivity contribution in [2.24, 2.45) is 5.92 Å². The van der Waals surface area contributed by atoms with Gasteiger partial charge >= 0.3 is 0 Å². The molecule has 1 aliphatic rings. The third kappa shape index (κ3) is 4.17. The second kappa shape index (κ2) is 8.15. The van der Waals surface area contributed by atoms with E-state index in [0.717, 1.165) is 0 Å². The first-order valence-electron chi connectivity index (χ1n) is 8.59. The second-order valence-corrected chi connectivity index (χ2v) is 7.34. The number of anilines is 2. The Bertz CT molecular complexity index is 867. The van der Waals surface area contributed by atoms with E-state index in [1.165, 1.54) is 6.07 Å². The van der Waals surface area contributed by atoms with Crippen LogP contribution in [-0.4, -0.2) is 31.0 Å². The average molecular weight is 408 g/mol. The third-order valence-electron chi connectivity index (χ3n) is 4.86. The molecule has 0 spiro atoms. The molecule has 0 aromatic heterocycles. The van der Waals surface area contributed by atoms with Gasteiger partial charge < -0.3 is 9.80 Å². The lowest BCUT2D eigenvalue weighted by atomic mass is 9.94. The van der Waals surface area contributed by atoms with Gasteiger partial charge in [-0.05, 0) is 37.1 Å². The topological polar surface area (TPSA) is 66.7 Å². The molecule has 1 amide bonds. The quantitative estimate of drug-likeness (QED) is 0.540. The second-order valence-electron chi connectivity index (χ2n) is 6.50. The van der Waals surface area contributed by atoms with E-state index in [9.17, 15) is 14.9 Å². The maximum atomic E-state index is 12.9. The van der Waals surface area contributed by atoms with Crippen LogP contribution in [0.3, 0.4) is 0 Å².